The Morgan fingerprint density at radius 3 is 2.47 bits per heavy atom. The third-order valence-electron chi connectivity index (χ3n) is 2.76. The topological polar surface area (TPSA) is 37.4 Å². The van der Waals surface area contributed by atoms with Gasteiger partial charge in [0.25, 0.3) is 11.8 Å². The zero-order valence-corrected chi connectivity index (χ0v) is 9.74. The summed E-state index contributed by atoms with van der Waals surface area (Å²) >= 11 is 1.52. The van der Waals surface area contributed by atoms with Crippen LogP contribution in [0.1, 0.15) is 11.1 Å². The van der Waals surface area contributed by atoms with Crippen molar-refractivity contribution in [3.8, 4) is 0 Å². The molecule has 1 heterocycles. The fourth-order valence-electron chi connectivity index (χ4n) is 1.80. The van der Waals surface area contributed by atoms with Crippen molar-refractivity contribution in [1.29, 1.82) is 0 Å². The SMILES string of the molecule is O=C1C=CC(=O)N1CSC1=Cc2ccccc21. The van der Waals surface area contributed by atoms with Gasteiger partial charge in [-0.05, 0) is 17.2 Å². The Bertz CT molecular complexity index is 557. The first-order valence-electron chi connectivity index (χ1n) is 5.23. The first-order valence-corrected chi connectivity index (χ1v) is 6.22. The van der Waals surface area contributed by atoms with Gasteiger partial charge in [-0.15, -0.1) is 11.8 Å². The van der Waals surface area contributed by atoms with Gasteiger partial charge in [-0.1, -0.05) is 24.3 Å². The molecule has 84 valence electrons. The van der Waals surface area contributed by atoms with Gasteiger partial charge in [0.1, 0.15) is 0 Å². The fourth-order valence-corrected chi connectivity index (χ4v) is 2.87. The number of imide groups is 1. The quantitative estimate of drug-likeness (QED) is 0.763. The van der Waals surface area contributed by atoms with Crippen molar-refractivity contribution >= 4 is 34.6 Å². The summed E-state index contributed by atoms with van der Waals surface area (Å²) < 4.78 is 0. The molecule has 4 heteroatoms. The summed E-state index contributed by atoms with van der Waals surface area (Å²) in [6, 6.07) is 8.07. The van der Waals surface area contributed by atoms with Crippen LogP contribution in [-0.2, 0) is 9.59 Å². The van der Waals surface area contributed by atoms with Crippen molar-refractivity contribution in [3.63, 3.8) is 0 Å². The average Bonchev–Trinajstić information content (AvgIpc) is 2.61. The van der Waals surface area contributed by atoms with Crippen molar-refractivity contribution in [2.75, 3.05) is 5.88 Å². The number of amides is 2. The van der Waals surface area contributed by atoms with Gasteiger partial charge in [-0.3, -0.25) is 14.5 Å². The Kier molecular flexibility index (Phi) is 2.37. The molecule has 1 aliphatic carbocycles. The molecular weight excluding hydrogens is 234 g/mol. The monoisotopic (exact) mass is 243 g/mol. The number of benzene rings is 1. The second-order valence-corrected chi connectivity index (χ2v) is 4.79. The summed E-state index contributed by atoms with van der Waals surface area (Å²) in [6.07, 6.45) is 4.69. The molecule has 0 saturated carbocycles. The van der Waals surface area contributed by atoms with Gasteiger partial charge in [0.2, 0.25) is 0 Å². The second kappa shape index (κ2) is 3.89. The average molecular weight is 243 g/mol. The highest BCUT2D eigenvalue weighted by Crippen LogP contribution is 2.40. The molecule has 3 rings (SSSR count). The first kappa shape index (κ1) is 10.4. The van der Waals surface area contributed by atoms with Gasteiger partial charge in [-0.2, -0.15) is 0 Å². The van der Waals surface area contributed by atoms with E-state index in [1.807, 2.05) is 24.3 Å². The third kappa shape index (κ3) is 1.70. The lowest BCUT2D eigenvalue weighted by Gasteiger charge is -2.21. The van der Waals surface area contributed by atoms with E-state index in [1.54, 1.807) is 0 Å². The van der Waals surface area contributed by atoms with E-state index < -0.39 is 0 Å². The van der Waals surface area contributed by atoms with E-state index in [2.05, 4.69) is 6.08 Å². The van der Waals surface area contributed by atoms with Crippen LogP contribution in [0, 0.1) is 0 Å². The Morgan fingerprint density at radius 2 is 1.76 bits per heavy atom. The summed E-state index contributed by atoms with van der Waals surface area (Å²) in [7, 11) is 0. The third-order valence-corrected chi connectivity index (χ3v) is 3.80. The molecule has 1 aliphatic heterocycles. The maximum atomic E-state index is 11.3. The first-order chi connectivity index (χ1) is 8.25. The lowest BCUT2D eigenvalue weighted by Crippen LogP contribution is -2.29. The summed E-state index contributed by atoms with van der Waals surface area (Å²) in [4.78, 5) is 25.0. The maximum absolute atomic E-state index is 11.3. The Balaban J connectivity index is 1.65. The predicted octanol–water partition coefficient (Wildman–Crippen LogP) is 2.11. The van der Waals surface area contributed by atoms with Crippen LogP contribution in [0.5, 0.6) is 0 Å². The molecule has 17 heavy (non-hydrogen) atoms. The van der Waals surface area contributed by atoms with Crippen LogP contribution in [0.15, 0.2) is 36.4 Å². The van der Waals surface area contributed by atoms with Gasteiger partial charge < -0.3 is 0 Å². The number of fused-ring (bicyclic) bond motifs is 1. The summed E-state index contributed by atoms with van der Waals surface area (Å²) in [5.74, 6) is -0.0726. The molecule has 3 nitrogen and oxygen atoms in total. The van der Waals surface area contributed by atoms with Gasteiger partial charge in [0.15, 0.2) is 0 Å². The van der Waals surface area contributed by atoms with Gasteiger partial charge >= 0.3 is 0 Å². The van der Waals surface area contributed by atoms with Crippen molar-refractivity contribution in [3.05, 3.63) is 47.5 Å². The van der Waals surface area contributed by atoms with Crippen molar-refractivity contribution < 1.29 is 9.59 Å². The smallest absolute Gasteiger partial charge is 0.254 e. The molecule has 2 amide bonds. The van der Waals surface area contributed by atoms with E-state index in [9.17, 15) is 9.59 Å². The number of hydrogen-bond donors (Lipinski definition) is 0. The molecule has 0 fully saturated rings. The van der Waals surface area contributed by atoms with E-state index in [4.69, 9.17) is 0 Å². The summed E-state index contributed by atoms with van der Waals surface area (Å²) in [5, 5.41) is 0. The number of carbonyl (C=O) groups is 2. The van der Waals surface area contributed by atoms with E-state index in [0.717, 1.165) is 4.91 Å². The van der Waals surface area contributed by atoms with Crippen LogP contribution in [0.25, 0.3) is 11.0 Å². The molecule has 0 radical (unpaired) electrons. The Morgan fingerprint density at radius 1 is 1.06 bits per heavy atom. The molecule has 0 unspecified atom stereocenters. The fraction of sp³-hybridized carbons (Fsp3) is 0.0769. The standard InChI is InChI=1S/C13H9NO2S/c15-12-5-6-13(16)14(12)8-17-11-7-9-3-1-2-4-10(9)11/h1-7H,8H2. The van der Waals surface area contributed by atoms with Crippen LogP contribution in [-0.4, -0.2) is 22.6 Å². The van der Waals surface area contributed by atoms with Crippen LogP contribution < -0.4 is 0 Å². The maximum Gasteiger partial charge on any atom is 0.254 e. The van der Waals surface area contributed by atoms with E-state index >= 15 is 0 Å². The molecule has 0 atom stereocenters. The molecule has 1 aromatic rings. The second-order valence-electron chi connectivity index (χ2n) is 3.81. The molecule has 0 spiro atoms. The van der Waals surface area contributed by atoms with Gasteiger partial charge in [0.05, 0.1) is 5.88 Å². The van der Waals surface area contributed by atoms with Crippen LogP contribution in [0.3, 0.4) is 0 Å². The van der Waals surface area contributed by atoms with E-state index in [0.29, 0.717) is 5.88 Å². The number of hydrogen-bond acceptors (Lipinski definition) is 3. The molecule has 0 aromatic heterocycles. The van der Waals surface area contributed by atoms with Crippen molar-refractivity contribution in [2.24, 2.45) is 0 Å². The highest BCUT2D eigenvalue weighted by molar-refractivity contribution is 8.08. The largest absolute Gasteiger partial charge is 0.269 e. The highest BCUT2D eigenvalue weighted by atomic mass is 32.2. The minimum atomic E-state index is -0.226. The molecule has 1 aromatic carbocycles. The van der Waals surface area contributed by atoms with E-state index in [-0.39, 0.29) is 11.8 Å². The normalized spacial score (nSPS) is 16.9. The lowest BCUT2D eigenvalue weighted by molar-refractivity contribution is -0.135. The minimum absolute atomic E-state index is 0.226. The molecule has 2 aliphatic rings. The zero-order chi connectivity index (χ0) is 11.8. The predicted molar refractivity (Wildman–Crippen MR) is 67.8 cm³/mol. The highest BCUT2D eigenvalue weighted by Gasteiger charge is 2.25. The summed E-state index contributed by atoms with van der Waals surface area (Å²) in [6.45, 7) is 0. The van der Waals surface area contributed by atoms with Crippen LogP contribution in [0.2, 0.25) is 0 Å². The number of nitrogens with zero attached hydrogens (tertiary/aromatic N) is 1. The lowest BCUT2D eigenvalue weighted by atomic mass is 9.98. The molecule has 0 saturated heterocycles. The molecule has 0 N–H and O–H groups in total. The number of rotatable bonds is 3. The van der Waals surface area contributed by atoms with Crippen LogP contribution >= 0.6 is 11.8 Å². The Hall–Kier alpha value is -1.81. The number of carbonyl (C=O) groups excluding carboxylic acids is 2. The molecular formula is C13H9NO2S. The van der Waals surface area contributed by atoms with Gasteiger partial charge in [-0.25, -0.2) is 0 Å². The van der Waals surface area contributed by atoms with Crippen LogP contribution in [0.4, 0.5) is 0 Å². The minimum Gasteiger partial charge on any atom is -0.269 e. The van der Waals surface area contributed by atoms with E-state index in [1.165, 1.54) is 39.9 Å². The van der Waals surface area contributed by atoms with Crippen molar-refractivity contribution in [1.82, 2.24) is 4.90 Å². The summed E-state index contributed by atoms with van der Waals surface area (Å²) in [5.41, 5.74) is 2.41. The van der Waals surface area contributed by atoms with Crippen molar-refractivity contribution in [2.45, 2.75) is 0 Å². The Labute approximate surface area is 103 Å². The zero-order valence-electron chi connectivity index (χ0n) is 8.92. The van der Waals surface area contributed by atoms with Gasteiger partial charge in [0, 0.05) is 17.1 Å². The molecule has 0 bridgehead atoms. The number of thioether (sulfide) groups is 1.